The molecular formula is C53H70Cl2F2N6O5. The Morgan fingerprint density at radius 3 is 1.76 bits per heavy atom. The average Bonchev–Trinajstić information content (AvgIpc) is 4.07. The SMILES string of the molecule is CN1CCC(Oc2ccc(C(O)C(CN3CCCC3)NC(=O)C(F)(F)CCc3ccc4ccc(CCN5CCC(Oc6ccc(C(O)C(N)CN7CCCC7)cc6Cl)CC5)cc4c3)cc2Cl)CC1. The molecule has 4 aromatic carbocycles. The molecule has 4 atom stereocenters. The van der Waals surface area contributed by atoms with Crippen molar-refractivity contribution in [2.24, 2.45) is 5.73 Å². The third-order valence-electron chi connectivity index (χ3n) is 14.6. The molecule has 0 saturated carbocycles. The number of nitrogens with one attached hydrogen (secondary N) is 1. The van der Waals surface area contributed by atoms with Crippen LogP contribution in [0.3, 0.4) is 0 Å². The van der Waals surface area contributed by atoms with Crippen LogP contribution in [0, 0.1) is 0 Å². The number of ether oxygens (including phenoxy) is 2. The van der Waals surface area contributed by atoms with E-state index in [-0.39, 0.29) is 25.2 Å². The van der Waals surface area contributed by atoms with Crippen molar-refractivity contribution < 1.29 is 33.3 Å². The maximum absolute atomic E-state index is 15.8. The van der Waals surface area contributed by atoms with Crippen molar-refractivity contribution in [3.8, 4) is 11.5 Å². The molecule has 5 N–H and O–H groups in total. The number of hydrogen-bond acceptors (Lipinski definition) is 10. The van der Waals surface area contributed by atoms with Crippen LogP contribution in [0.4, 0.5) is 8.78 Å². The minimum Gasteiger partial charge on any atom is -0.489 e. The maximum atomic E-state index is 15.8. The van der Waals surface area contributed by atoms with Gasteiger partial charge in [-0.1, -0.05) is 71.7 Å². The number of carbonyl (C=O) groups is 1. The highest BCUT2D eigenvalue weighted by atomic mass is 35.5. The number of carbonyl (C=O) groups excluding carboxylic acids is 1. The summed E-state index contributed by atoms with van der Waals surface area (Å²) in [5.41, 5.74) is 9.37. The van der Waals surface area contributed by atoms with Crippen molar-refractivity contribution in [1.82, 2.24) is 24.9 Å². The summed E-state index contributed by atoms with van der Waals surface area (Å²) in [4.78, 5) is 22.4. The number of halogens is 4. The summed E-state index contributed by atoms with van der Waals surface area (Å²) in [6, 6.07) is 21.2. The molecule has 1 amide bonds. The summed E-state index contributed by atoms with van der Waals surface area (Å²) < 4.78 is 44.0. The Morgan fingerprint density at radius 2 is 1.21 bits per heavy atom. The van der Waals surface area contributed by atoms with E-state index in [4.69, 9.17) is 38.4 Å². The molecule has 4 aliphatic heterocycles. The predicted molar refractivity (Wildman–Crippen MR) is 266 cm³/mol. The summed E-state index contributed by atoms with van der Waals surface area (Å²) >= 11 is 13.3. The van der Waals surface area contributed by atoms with Crippen molar-refractivity contribution in [2.75, 3.05) is 79.0 Å². The van der Waals surface area contributed by atoms with Crippen LogP contribution in [0.1, 0.15) is 92.2 Å². The molecule has 8 rings (SSSR count). The number of likely N-dealkylation sites (tertiary alicyclic amines) is 4. The fourth-order valence-electron chi connectivity index (χ4n) is 10.2. The summed E-state index contributed by atoms with van der Waals surface area (Å²) in [6.07, 6.45) is 5.99. The zero-order chi connectivity index (χ0) is 47.8. The van der Waals surface area contributed by atoms with Gasteiger partial charge in [0.15, 0.2) is 0 Å². The highest BCUT2D eigenvalue weighted by Gasteiger charge is 2.41. The Labute approximate surface area is 410 Å². The van der Waals surface area contributed by atoms with E-state index in [1.165, 1.54) is 12.8 Å². The van der Waals surface area contributed by atoms with Crippen LogP contribution in [0.15, 0.2) is 72.8 Å². The number of fused-ring (bicyclic) bond motifs is 1. The lowest BCUT2D eigenvalue weighted by atomic mass is 9.98. The first kappa shape index (κ1) is 50.7. The van der Waals surface area contributed by atoms with Crippen LogP contribution >= 0.6 is 23.2 Å². The lowest BCUT2D eigenvalue weighted by Crippen LogP contribution is -2.51. The van der Waals surface area contributed by atoms with E-state index in [1.54, 1.807) is 24.3 Å². The van der Waals surface area contributed by atoms with Gasteiger partial charge in [-0.15, -0.1) is 0 Å². The van der Waals surface area contributed by atoms with Crippen LogP contribution in [0.25, 0.3) is 10.8 Å². The van der Waals surface area contributed by atoms with Gasteiger partial charge in [-0.2, -0.15) is 8.78 Å². The molecule has 0 aliphatic carbocycles. The second kappa shape index (κ2) is 23.5. The minimum absolute atomic E-state index is 0.00956. The lowest BCUT2D eigenvalue weighted by molar-refractivity contribution is -0.148. The van der Waals surface area contributed by atoms with E-state index in [1.807, 2.05) is 30.3 Å². The fourth-order valence-corrected chi connectivity index (χ4v) is 10.7. The van der Waals surface area contributed by atoms with Crippen LogP contribution in [0.5, 0.6) is 11.5 Å². The molecule has 370 valence electrons. The van der Waals surface area contributed by atoms with Gasteiger partial charge in [-0.05, 0) is 155 Å². The van der Waals surface area contributed by atoms with Crippen molar-refractivity contribution >= 4 is 39.9 Å². The number of piperidine rings is 2. The molecule has 68 heavy (non-hydrogen) atoms. The van der Waals surface area contributed by atoms with Gasteiger partial charge in [0.2, 0.25) is 0 Å². The minimum atomic E-state index is -3.66. The fraction of sp³-hybridized carbons (Fsp3) is 0.566. The molecule has 0 radical (unpaired) electrons. The highest BCUT2D eigenvalue weighted by molar-refractivity contribution is 6.32. The van der Waals surface area contributed by atoms with E-state index < -0.39 is 42.5 Å². The molecule has 4 saturated heterocycles. The quantitative estimate of drug-likeness (QED) is 0.0692. The Hall–Kier alpha value is -3.63. The van der Waals surface area contributed by atoms with Crippen molar-refractivity contribution in [3.63, 3.8) is 0 Å². The van der Waals surface area contributed by atoms with E-state index in [9.17, 15) is 15.0 Å². The van der Waals surface area contributed by atoms with Crippen LogP contribution in [-0.2, 0) is 17.6 Å². The molecule has 4 aromatic rings. The maximum Gasteiger partial charge on any atom is 0.324 e. The number of nitrogens with two attached hydrogens (primary N) is 1. The first-order valence-electron chi connectivity index (χ1n) is 24.9. The van der Waals surface area contributed by atoms with Gasteiger partial charge in [0.05, 0.1) is 22.2 Å². The topological polar surface area (TPSA) is 127 Å². The highest BCUT2D eigenvalue weighted by Crippen LogP contribution is 2.34. The number of aliphatic hydroxyl groups is 2. The lowest BCUT2D eigenvalue weighted by Gasteiger charge is -2.32. The third kappa shape index (κ3) is 13.6. The molecule has 4 unspecified atom stereocenters. The zero-order valence-corrected chi connectivity index (χ0v) is 41.0. The van der Waals surface area contributed by atoms with Gasteiger partial charge in [-0.25, -0.2) is 0 Å². The predicted octanol–water partition coefficient (Wildman–Crippen LogP) is 8.04. The molecule has 15 heteroatoms. The first-order chi connectivity index (χ1) is 32.8. The summed E-state index contributed by atoms with van der Waals surface area (Å²) in [7, 11) is 2.08. The van der Waals surface area contributed by atoms with E-state index in [2.05, 4.69) is 50.2 Å². The molecule has 0 aromatic heterocycles. The molecule has 0 bridgehead atoms. The second-order valence-electron chi connectivity index (χ2n) is 19.8. The van der Waals surface area contributed by atoms with E-state index >= 15 is 8.78 Å². The molecule has 4 fully saturated rings. The van der Waals surface area contributed by atoms with E-state index in [0.29, 0.717) is 39.2 Å². The molecular weight excluding hydrogens is 910 g/mol. The number of alkyl halides is 2. The molecule has 0 spiro atoms. The Bertz CT molecular complexity index is 2280. The van der Waals surface area contributed by atoms with E-state index in [0.717, 1.165) is 126 Å². The van der Waals surface area contributed by atoms with Gasteiger partial charge < -0.3 is 50.3 Å². The number of hydrogen-bond donors (Lipinski definition) is 4. The van der Waals surface area contributed by atoms with Gasteiger partial charge >= 0.3 is 5.92 Å². The number of aryl methyl sites for hydroxylation is 1. The number of amides is 1. The summed E-state index contributed by atoms with van der Waals surface area (Å²) in [6.45, 7) is 9.00. The average molecular weight is 980 g/mol. The Kier molecular flexibility index (Phi) is 17.6. The van der Waals surface area contributed by atoms with Crippen molar-refractivity contribution in [3.05, 3.63) is 105 Å². The molecule has 4 heterocycles. The van der Waals surface area contributed by atoms with Crippen molar-refractivity contribution in [1.29, 1.82) is 0 Å². The Balaban J connectivity index is 0.808. The molecule has 11 nitrogen and oxygen atoms in total. The number of aliphatic hydroxyl groups excluding tert-OH is 2. The number of nitrogens with zero attached hydrogens (tertiary/aromatic N) is 4. The standard InChI is InChI=1S/C53H70Cl2F2N6O5/c1-60-25-16-42(17-26-60)67-49-13-11-40(33-45(49)55)51(65)47(35-63-23-4-5-24-63)59-52(66)53(56,57)20-14-36-6-8-38-9-7-37(31-41(38)30-36)15-27-61-28-18-43(19-29-61)68-48-12-10-39(32-44(48)54)50(64)46(58)34-62-21-2-3-22-62/h6-13,30-33,42-43,46-47,50-51,64-65H,2-5,14-29,34-35,58H2,1H3,(H,59,66). The smallest absolute Gasteiger partial charge is 0.324 e. The second-order valence-corrected chi connectivity index (χ2v) is 20.6. The monoisotopic (exact) mass is 978 g/mol. The van der Waals surface area contributed by atoms with Crippen LogP contribution in [0.2, 0.25) is 10.0 Å². The first-order valence-corrected chi connectivity index (χ1v) is 25.6. The third-order valence-corrected chi connectivity index (χ3v) is 15.1. The van der Waals surface area contributed by atoms with Crippen LogP contribution in [-0.4, -0.2) is 145 Å². The normalized spacial score (nSPS) is 20.4. The van der Waals surface area contributed by atoms with Gasteiger partial charge in [0, 0.05) is 58.3 Å². The zero-order valence-electron chi connectivity index (χ0n) is 39.4. The van der Waals surface area contributed by atoms with Gasteiger partial charge in [0.25, 0.3) is 5.91 Å². The summed E-state index contributed by atoms with van der Waals surface area (Å²) in [5.74, 6) is -3.92. The Morgan fingerprint density at radius 1 is 0.691 bits per heavy atom. The van der Waals surface area contributed by atoms with Crippen molar-refractivity contribution in [2.45, 2.75) is 113 Å². The van der Waals surface area contributed by atoms with Crippen LogP contribution < -0.4 is 20.5 Å². The largest absolute Gasteiger partial charge is 0.489 e. The number of rotatable bonds is 20. The van der Waals surface area contributed by atoms with Gasteiger partial charge in [-0.3, -0.25) is 4.79 Å². The summed E-state index contributed by atoms with van der Waals surface area (Å²) in [5, 5.41) is 27.8. The molecule has 4 aliphatic rings. The number of benzene rings is 4. The van der Waals surface area contributed by atoms with Gasteiger partial charge in [0.1, 0.15) is 29.8 Å².